The number of aromatic nitrogens is 4. The van der Waals surface area contributed by atoms with Crippen LogP contribution in [0.25, 0.3) is 11.2 Å². The van der Waals surface area contributed by atoms with Crippen molar-refractivity contribution in [3.8, 4) is 0 Å². The molecule has 7 nitrogen and oxygen atoms in total. The molecule has 2 N–H and O–H groups in total. The molecule has 0 amide bonds. The molecule has 0 unspecified atom stereocenters. The lowest BCUT2D eigenvalue weighted by molar-refractivity contribution is 0.594. The molecule has 0 bridgehead atoms. The lowest BCUT2D eigenvalue weighted by Gasteiger charge is -2.09. The van der Waals surface area contributed by atoms with Gasteiger partial charge in [0.1, 0.15) is 11.8 Å². The fourth-order valence-electron chi connectivity index (χ4n) is 1.73. The third kappa shape index (κ3) is 2.69. The van der Waals surface area contributed by atoms with E-state index in [4.69, 9.17) is 12.2 Å². The molecule has 3 rings (SSSR count). The summed E-state index contributed by atoms with van der Waals surface area (Å²) in [4.78, 5) is 10.6. The maximum absolute atomic E-state index is 12.4. The van der Waals surface area contributed by atoms with Gasteiger partial charge in [-0.2, -0.15) is 12.4 Å². The van der Waals surface area contributed by atoms with Gasteiger partial charge in [-0.25, -0.2) is 9.97 Å². The molecule has 108 valence electrons. The van der Waals surface area contributed by atoms with E-state index in [1.54, 1.807) is 24.3 Å². The van der Waals surface area contributed by atoms with E-state index in [0.29, 0.717) is 11.2 Å². The minimum absolute atomic E-state index is 0.237. The number of rotatable bonds is 3. The van der Waals surface area contributed by atoms with Gasteiger partial charge in [0.15, 0.2) is 10.3 Å². The molecular formula is C11H8BrN5O2S2. The number of nitrogens with one attached hydrogen (secondary N) is 2. The van der Waals surface area contributed by atoms with Crippen LogP contribution >= 0.6 is 28.1 Å². The van der Waals surface area contributed by atoms with Crippen molar-refractivity contribution >= 4 is 55.2 Å². The molecule has 3 aromatic rings. The molecule has 10 heteroatoms. The van der Waals surface area contributed by atoms with Crippen LogP contribution in [-0.2, 0) is 10.2 Å². The van der Waals surface area contributed by atoms with Crippen LogP contribution in [0.5, 0.6) is 0 Å². The van der Waals surface area contributed by atoms with Crippen molar-refractivity contribution < 1.29 is 8.42 Å². The molecule has 0 radical (unpaired) electrons. The van der Waals surface area contributed by atoms with Gasteiger partial charge in [0.2, 0.25) is 0 Å². The lowest BCUT2D eigenvalue weighted by Crippen LogP contribution is -2.21. The predicted octanol–water partition coefficient (Wildman–Crippen LogP) is 2.46. The van der Waals surface area contributed by atoms with Crippen molar-refractivity contribution in [1.82, 2.24) is 18.9 Å². The zero-order valence-electron chi connectivity index (χ0n) is 10.3. The van der Waals surface area contributed by atoms with E-state index in [2.05, 4.69) is 35.6 Å². The van der Waals surface area contributed by atoms with E-state index in [9.17, 15) is 8.42 Å². The van der Waals surface area contributed by atoms with Gasteiger partial charge >= 0.3 is 10.2 Å². The number of benzene rings is 1. The van der Waals surface area contributed by atoms with Gasteiger partial charge in [0, 0.05) is 4.47 Å². The molecule has 0 fully saturated rings. The van der Waals surface area contributed by atoms with Crippen LogP contribution in [0.4, 0.5) is 5.69 Å². The highest BCUT2D eigenvalue weighted by Gasteiger charge is 2.17. The van der Waals surface area contributed by atoms with Gasteiger partial charge in [-0.3, -0.25) is 4.72 Å². The number of imidazole rings is 1. The topological polar surface area (TPSA) is 92.7 Å². The summed E-state index contributed by atoms with van der Waals surface area (Å²) in [7, 11) is -3.84. The van der Waals surface area contributed by atoms with Crippen LogP contribution < -0.4 is 4.72 Å². The number of H-pyrrole nitrogens is 1. The van der Waals surface area contributed by atoms with Crippen molar-refractivity contribution in [3.63, 3.8) is 0 Å². The highest BCUT2D eigenvalue weighted by atomic mass is 79.9. The Balaban J connectivity index is 2.06. The third-order valence-corrected chi connectivity index (χ3v) is 4.79. The van der Waals surface area contributed by atoms with Crippen LogP contribution in [0.2, 0.25) is 0 Å². The first-order valence-corrected chi connectivity index (χ1v) is 8.31. The SMILES string of the molecule is O=S(=O)(Nc1ccc(Br)cc1)n1cnc2c(=S)nc[nH]c21. The van der Waals surface area contributed by atoms with E-state index >= 15 is 0 Å². The fourth-order valence-corrected chi connectivity index (χ4v) is 3.28. The number of halogens is 1. The molecule has 0 atom stereocenters. The van der Waals surface area contributed by atoms with Crippen molar-refractivity contribution in [3.05, 3.63) is 46.0 Å². The first-order valence-electron chi connectivity index (χ1n) is 5.67. The Bertz CT molecular complexity index is 962. The Morgan fingerprint density at radius 2 is 1.95 bits per heavy atom. The normalized spacial score (nSPS) is 11.7. The Morgan fingerprint density at radius 1 is 1.24 bits per heavy atom. The Kier molecular flexibility index (Phi) is 3.51. The molecule has 2 aromatic heterocycles. The molecular weight excluding hydrogens is 378 g/mol. The summed E-state index contributed by atoms with van der Waals surface area (Å²) in [5.41, 5.74) is 1.03. The molecule has 0 aliphatic heterocycles. The van der Waals surface area contributed by atoms with Crippen molar-refractivity contribution in [2.24, 2.45) is 0 Å². The van der Waals surface area contributed by atoms with Crippen molar-refractivity contribution in [1.29, 1.82) is 0 Å². The third-order valence-electron chi connectivity index (χ3n) is 2.67. The van der Waals surface area contributed by atoms with Gasteiger partial charge in [-0.15, -0.1) is 0 Å². The zero-order valence-corrected chi connectivity index (χ0v) is 13.5. The second-order valence-corrected chi connectivity index (χ2v) is 6.91. The molecule has 0 saturated carbocycles. The monoisotopic (exact) mass is 385 g/mol. The first-order chi connectivity index (χ1) is 9.97. The molecule has 0 saturated heterocycles. The average molecular weight is 386 g/mol. The number of hydrogen-bond donors (Lipinski definition) is 2. The van der Waals surface area contributed by atoms with Gasteiger partial charge in [-0.1, -0.05) is 28.1 Å². The van der Waals surface area contributed by atoms with E-state index in [1.165, 1.54) is 12.7 Å². The largest absolute Gasteiger partial charge is 0.330 e. The number of anilines is 1. The number of aromatic amines is 1. The molecule has 0 aliphatic rings. The average Bonchev–Trinajstić information content (AvgIpc) is 2.87. The summed E-state index contributed by atoms with van der Waals surface area (Å²) >= 11 is 8.29. The molecule has 0 spiro atoms. The quantitative estimate of drug-likeness (QED) is 0.675. The van der Waals surface area contributed by atoms with Crippen LogP contribution in [0.3, 0.4) is 0 Å². The van der Waals surface area contributed by atoms with Gasteiger partial charge < -0.3 is 4.98 Å². The summed E-state index contributed by atoms with van der Waals surface area (Å²) in [6.07, 6.45) is 2.51. The summed E-state index contributed by atoms with van der Waals surface area (Å²) in [5.74, 6) is 0. The Morgan fingerprint density at radius 3 is 2.67 bits per heavy atom. The van der Waals surface area contributed by atoms with Gasteiger partial charge in [0.25, 0.3) is 0 Å². The second kappa shape index (κ2) is 5.20. The minimum atomic E-state index is -3.84. The van der Waals surface area contributed by atoms with E-state index < -0.39 is 10.2 Å². The highest BCUT2D eigenvalue weighted by molar-refractivity contribution is 9.10. The molecule has 0 aliphatic carbocycles. The highest BCUT2D eigenvalue weighted by Crippen LogP contribution is 2.18. The van der Waals surface area contributed by atoms with Crippen LogP contribution in [0.15, 0.2) is 41.4 Å². The Labute approximate surface area is 133 Å². The van der Waals surface area contributed by atoms with Crippen molar-refractivity contribution in [2.75, 3.05) is 4.72 Å². The predicted molar refractivity (Wildman–Crippen MR) is 84.8 cm³/mol. The smallest absolute Gasteiger partial charge is 0.330 e. The Hall–Kier alpha value is -1.78. The first kappa shape index (κ1) is 14.2. The number of fused-ring (bicyclic) bond motifs is 1. The van der Waals surface area contributed by atoms with Gasteiger partial charge in [-0.05, 0) is 24.3 Å². The lowest BCUT2D eigenvalue weighted by atomic mass is 10.3. The number of hydrogen-bond acceptors (Lipinski definition) is 5. The van der Waals surface area contributed by atoms with E-state index in [-0.39, 0.29) is 10.3 Å². The summed E-state index contributed by atoms with van der Waals surface area (Å²) in [5, 5.41) is 0. The van der Waals surface area contributed by atoms with Crippen LogP contribution in [0, 0.1) is 4.64 Å². The standard InChI is InChI=1S/C11H8BrN5O2S2/c12-7-1-3-8(4-2-7)16-21(18,19)17-6-15-9-10(17)13-5-14-11(9)20/h1-6,16H,(H,13,14,20). The summed E-state index contributed by atoms with van der Waals surface area (Å²) in [6, 6.07) is 6.76. The summed E-state index contributed by atoms with van der Waals surface area (Å²) < 4.78 is 29.3. The maximum Gasteiger partial charge on any atom is 0.330 e. The molecule has 1 aromatic carbocycles. The van der Waals surface area contributed by atoms with Crippen LogP contribution in [0.1, 0.15) is 0 Å². The molecule has 2 heterocycles. The van der Waals surface area contributed by atoms with E-state index in [1.807, 2.05) is 0 Å². The van der Waals surface area contributed by atoms with Gasteiger partial charge in [0.05, 0.1) is 12.0 Å². The molecule has 21 heavy (non-hydrogen) atoms. The fraction of sp³-hybridized carbons (Fsp3) is 0. The second-order valence-electron chi connectivity index (χ2n) is 4.06. The minimum Gasteiger partial charge on any atom is -0.330 e. The zero-order chi connectivity index (χ0) is 15.0. The van der Waals surface area contributed by atoms with Crippen LogP contribution in [-0.4, -0.2) is 27.3 Å². The van der Waals surface area contributed by atoms with Crippen molar-refractivity contribution in [2.45, 2.75) is 0 Å². The summed E-state index contributed by atoms with van der Waals surface area (Å²) in [6.45, 7) is 0. The number of nitrogens with zero attached hydrogens (tertiary/aromatic N) is 3. The van der Waals surface area contributed by atoms with E-state index in [0.717, 1.165) is 8.45 Å². The maximum atomic E-state index is 12.4.